The summed E-state index contributed by atoms with van der Waals surface area (Å²) >= 11 is 4.35. The first kappa shape index (κ1) is 17.9. The summed E-state index contributed by atoms with van der Waals surface area (Å²) in [5.41, 5.74) is 0.642. The van der Waals surface area contributed by atoms with Crippen LogP contribution in [0.1, 0.15) is 50.4 Å². The molecule has 2 amide bonds. The lowest BCUT2D eigenvalue weighted by Crippen LogP contribution is -2.47. The minimum Gasteiger partial charge on any atom is -0.353 e. The standard InChI is InChI=1S/C18H26N2O2S/c1-18(2,3)12-16(21)19-13-8-10-20(11-9-13)17(22)14-6-4-5-7-15(14)23/h4-7,13,23H,8-12H2,1-3H3,(H,19,21). The van der Waals surface area contributed by atoms with E-state index in [1.807, 2.05) is 29.2 Å². The van der Waals surface area contributed by atoms with Gasteiger partial charge < -0.3 is 10.2 Å². The molecule has 1 N–H and O–H groups in total. The molecule has 1 saturated heterocycles. The van der Waals surface area contributed by atoms with Crippen molar-refractivity contribution in [3.63, 3.8) is 0 Å². The van der Waals surface area contributed by atoms with E-state index in [0.717, 1.165) is 12.8 Å². The third kappa shape index (κ3) is 5.27. The van der Waals surface area contributed by atoms with Gasteiger partial charge in [0, 0.05) is 30.4 Å². The van der Waals surface area contributed by atoms with Crippen molar-refractivity contribution in [3.05, 3.63) is 29.8 Å². The van der Waals surface area contributed by atoms with Crippen LogP contribution < -0.4 is 5.32 Å². The van der Waals surface area contributed by atoms with E-state index in [-0.39, 0.29) is 23.3 Å². The van der Waals surface area contributed by atoms with Gasteiger partial charge >= 0.3 is 0 Å². The topological polar surface area (TPSA) is 49.4 Å². The molecule has 0 bridgehead atoms. The summed E-state index contributed by atoms with van der Waals surface area (Å²) in [5, 5.41) is 3.09. The summed E-state index contributed by atoms with van der Waals surface area (Å²) < 4.78 is 0. The van der Waals surface area contributed by atoms with Crippen LogP contribution in [0.3, 0.4) is 0 Å². The van der Waals surface area contributed by atoms with E-state index in [1.54, 1.807) is 0 Å². The van der Waals surface area contributed by atoms with Gasteiger partial charge in [-0.05, 0) is 30.4 Å². The van der Waals surface area contributed by atoms with Crippen molar-refractivity contribution < 1.29 is 9.59 Å². The van der Waals surface area contributed by atoms with Gasteiger partial charge in [-0.3, -0.25) is 9.59 Å². The van der Waals surface area contributed by atoms with Crippen LogP contribution in [-0.4, -0.2) is 35.8 Å². The molecule has 0 aromatic heterocycles. The second kappa shape index (κ2) is 7.39. The number of hydrogen-bond acceptors (Lipinski definition) is 3. The fraction of sp³-hybridized carbons (Fsp3) is 0.556. The van der Waals surface area contributed by atoms with Crippen molar-refractivity contribution in [2.45, 2.75) is 51.0 Å². The Kier molecular flexibility index (Phi) is 5.74. The Morgan fingerprint density at radius 1 is 1.22 bits per heavy atom. The second-order valence-electron chi connectivity index (χ2n) is 7.39. The molecule has 1 aliphatic heterocycles. The number of rotatable bonds is 3. The Morgan fingerprint density at radius 3 is 2.39 bits per heavy atom. The van der Waals surface area contributed by atoms with Gasteiger partial charge in [-0.15, -0.1) is 12.6 Å². The van der Waals surface area contributed by atoms with Gasteiger partial charge in [0.1, 0.15) is 0 Å². The van der Waals surface area contributed by atoms with Crippen LogP contribution in [0, 0.1) is 5.41 Å². The molecule has 0 radical (unpaired) electrons. The number of nitrogens with one attached hydrogen (secondary N) is 1. The minimum absolute atomic E-state index is 0.00294. The Morgan fingerprint density at radius 2 is 1.83 bits per heavy atom. The number of carbonyl (C=O) groups is 2. The highest BCUT2D eigenvalue weighted by Crippen LogP contribution is 2.21. The SMILES string of the molecule is CC(C)(C)CC(=O)NC1CCN(C(=O)c2ccccc2S)CC1. The van der Waals surface area contributed by atoms with Gasteiger partial charge in [-0.2, -0.15) is 0 Å². The van der Waals surface area contributed by atoms with Gasteiger partial charge in [-0.1, -0.05) is 32.9 Å². The lowest BCUT2D eigenvalue weighted by molar-refractivity contribution is -0.123. The molecule has 0 aliphatic carbocycles. The number of carbonyl (C=O) groups excluding carboxylic acids is 2. The normalized spacial score (nSPS) is 16.3. The van der Waals surface area contributed by atoms with E-state index in [9.17, 15) is 9.59 Å². The molecule has 126 valence electrons. The highest BCUT2D eigenvalue weighted by Gasteiger charge is 2.26. The third-order valence-electron chi connectivity index (χ3n) is 3.97. The summed E-state index contributed by atoms with van der Waals surface area (Å²) in [6.07, 6.45) is 2.13. The molecule has 1 aromatic rings. The molecule has 0 spiro atoms. The molecule has 1 fully saturated rings. The molecule has 1 heterocycles. The Bertz CT molecular complexity index is 573. The second-order valence-corrected chi connectivity index (χ2v) is 7.87. The summed E-state index contributed by atoms with van der Waals surface area (Å²) in [7, 11) is 0. The van der Waals surface area contributed by atoms with E-state index >= 15 is 0 Å². The first-order chi connectivity index (χ1) is 10.8. The summed E-state index contributed by atoms with van der Waals surface area (Å²) in [6, 6.07) is 7.53. The van der Waals surface area contributed by atoms with Crippen LogP contribution in [0.2, 0.25) is 0 Å². The van der Waals surface area contributed by atoms with E-state index < -0.39 is 0 Å². The number of nitrogens with zero attached hydrogens (tertiary/aromatic N) is 1. The average Bonchev–Trinajstić information content (AvgIpc) is 2.46. The molecule has 0 saturated carbocycles. The minimum atomic E-state index is -0.00294. The van der Waals surface area contributed by atoms with Gasteiger partial charge in [0.25, 0.3) is 5.91 Å². The third-order valence-corrected chi connectivity index (χ3v) is 4.36. The van der Waals surface area contributed by atoms with Crippen LogP contribution in [0.4, 0.5) is 0 Å². The molecule has 0 atom stereocenters. The molecular weight excluding hydrogens is 308 g/mol. The molecule has 0 unspecified atom stereocenters. The van der Waals surface area contributed by atoms with E-state index in [4.69, 9.17) is 0 Å². The molecule has 5 heteroatoms. The highest BCUT2D eigenvalue weighted by molar-refractivity contribution is 7.80. The molecule has 4 nitrogen and oxygen atoms in total. The molecular formula is C18H26N2O2S. The van der Waals surface area contributed by atoms with Crippen molar-refractivity contribution >= 4 is 24.4 Å². The predicted octanol–water partition coefficient (Wildman–Crippen LogP) is 3.13. The number of amides is 2. The molecule has 1 aromatic carbocycles. The Balaban J connectivity index is 1.85. The number of thiol groups is 1. The molecule has 1 aliphatic rings. The molecule has 23 heavy (non-hydrogen) atoms. The summed E-state index contributed by atoms with van der Waals surface area (Å²) in [5.74, 6) is 0.123. The highest BCUT2D eigenvalue weighted by atomic mass is 32.1. The van der Waals surface area contributed by atoms with Crippen molar-refractivity contribution in [2.75, 3.05) is 13.1 Å². The fourth-order valence-electron chi connectivity index (χ4n) is 2.81. The summed E-state index contributed by atoms with van der Waals surface area (Å²) in [6.45, 7) is 7.51. The van der Waals surface area contributed by atoms with Crippen LogP contribution in [0.25, 0.3) is 0 Å². The van der Waals surface area contributed by atoms with Crippen molar-refractivity contribution in [1.29, 1.82) is 0 Å². The monoisotopic (exact) mass is 334 g/mol. The zero-order valence-corrected chi connectivity index (χ0v) is 15.0. The zero-order chi connectivity index (χ0) is 17.0. The van der Waals surface area contributed by atoms with Crippen LogP contribution in [-0.2, 0) is 4.79 Å². The maximum Gasteiger partial charge on any atom is 0.254 e. The van der Waals surface area contributed by atoms with E-state index in [1.165, 1.54) is 0 Å². The Labute approximate surface area is 144 Å². The van der Waals surface area contributed by atoms with Crippen molar-refractivity contribution in [2.24, 2.45) is 5.41 Å². The Hall–Kier alpha value is -1.49. The number of piperidine rings is 1. The van der Waals surface area contributed by atoms with Crippen molar-refractivity contribution in [1.82, 2.24) is 10.2 Å². The van der Waals surface area contributed by atoms with Crippen molar-refractivity contribution in [3.8, 4) is 0 Å². The maximum absolute atomic E-state index is 12.5. The smallest absolute Gasteiger partial charge is 0.254 e. The van der Waals surface area contributed by atoms with Crippen LogP contribution in [0.15, 0.2) is 29.2 Å². The average molecular weight is 334 g/mol. The van der Waals surface area contributed by atoms with Gasteiger partial charge in [0.15, 0.2) is 0 Å². The number of likely N-dealkylation sites (tertiary alicyclic amines) is 1. The predicted molar refractivity (Wildman–Crippen MR) is 94.8 cm³/mol. The fourth-order valence-corrected chi connectivity index (χ4v) is 3.07. The van der Waals surface area contributed by atoms with Gasteiger partial charge in [0.2, 0.25) is 5.91 Å². The van der Waals surface area contributed by atoms with Gasteiger partial charge in [-0.25, -0.2) is 0 Å². The van der Waals surface area contributed by atoms with Gasteiger partial charge in [0.05, 0.1) is 5.56 Å². The lowest BCUT2D eigenvalue weighted by atomic mass is 9.91. The first-order valence-corrected chi connectivity index (χ1v) is 8.57. The van der Waals surface area contributed by atoms with Crippen LogP contribution in [0.5, 0.6) is 0 Å². The lowest BCUT2D eigenvalue weighted by Gasteiger charge is -2.33. The largest absolute Gasteiger partial charge is 0.353 e. The summed E-state index contributed by atoms with van der Waals surface area (Å²) in [4.78, 5) is 27.1. The number of hydrogen-bond donors (Lipinski definition) is 2. The quantitative estimate of drug-likeness (QED) is 0.835. The first-order valence-electron chi connectivity index (χ1n) is 8.13. The number of benzene rings is 1. The zero-order valence-electron chi connectivity index (χ0n) is 14.1. The maximum atomic E-state index is 12.5. The molecule has 2 rings (SSSR count). The van der Waals surface area contributed by atoms with E-state index in [0.29, 0.717) is 30.0 Å². The van der Waals surface area contributed by atoms with E-state index in [2.05, 4.69) is 38.7 Å². The van der Waals surface area contributed by atoms with Crippen LogP contribution >= 0.6 is 12.6 Å².